The molecule has 108 valence electrons. The summed E-state index contributed by atoms with van der Waals surface area (Å²) in [7, 11) is 0. The van der Waals surface area contributed by atoms with E-state index in [9.17, 15) is 9.18 Å². The molecule has 0 aliphatic heterocycles. The molecule has 2 aromatic rings. The smallest absolute Gasteiger partial charge is 0.328 e. The SMILES string of the molecule is Cc1cc(Cl)ccc1Oc1cccc(F)c1/C=C/C(=O)O. The van der Waals surface area contributed by atoms with Gasteiger partial charge in [0.25, 0.3) is 0 Å². The Bertz CT molecular complexity index is 711. The van der Waals surface area contributed by atoms with Crippen LogP contribution in [0.1, 0.15) is 11.1 Å². The quantitative estimate of drug-likeness (QED) is 0.834. The molecule has 0 heterocycles. The first-order chi connectivity index (χ1) is 9.97. The average molecular weight is 307 g/mol. The number of aliphatic carboxylic acids is 1. The Morgan fingerprint density at radius 3 is 2.71 bits per heavy atom. The van der Waals surface area contributed by atoms with Gasteiger partial charge in [-0.05, 0) is 48.9 Å². The van der Waals surface area contributed by atoms with Gasteiger partial charge >= 0.3 is 5.97 Å². The highest BCUT2D eigenvalue weighted by Crippen LogP contribution is 2.31. The normalized spacial score (nSPS) is 10.8. The minimum atomic E-state index is -1.16. The molecule has 0 radical (unpaired) electrons. The van der Waals surface area contributed by atoms with Gasteiger partial charge in [0.2, 0.25) is 0 Å². The molecule has 2 aromatic carbocycles. The Hall–Kier alpha value is -2.33. The number of carboxylic acids is 1. The predicted molar refractivity (Wildman–Crippen MR) is 79.3 cm³/mol. The molecule has 0 unspecified atom stereocenters. The van der Waals surface area contributed by atoms with Gasteiger partial charge in [-0.25, -0.2) is 9.18 Å². The molecule has 0 spiro atoms. The molecule has 3 nitrogen and oxygen atoms in total. The molecule has 5 heteroatoms. The summed E-state index contributed by atoms with van der Waals surface area (Å²) in [6.45, 7) is 1.81. The van der Waals surface area contributed by atoms with Crippen LogP contribution >= 0.6 is 11.6 Å². The molecule has 21 heavy (non-hydrogen) atoms. The van der Waals surface area contributed by atoms with Crippen molar-refractivity contribution in [1.82, 2.24) is 0 Å². The van der Waals surface area contributed by atoms with Crippen molar-refractivity contribution in [2.24, 2.45) is 0 Å². The summed E-state index contributed by atoms with van der Waals surface area (Å²) < 4.78 is 19.5. The second-order valence-electron chi connectivity index (χ2n) is 4.34. The maximum absolute atomic E-state index is 13.8. The van der Waals surface area contributed by atoms with Gasteiger partial charge in [-0.15, -0.1) is 0 Å². The summed E-state index contributed by atoms with van der Waals surface area (Å²) in [4.78, 5) is 10.6. The number of carboxylic acid groups (broad SMARTS) is 1. The highest BCUT2D eigenvalue weighted by molar-refractivity contribution is 6.30. The fourth-order valence-corrected chi connectivity index (χ4v) is 2.00. The van der Waals surface area contributed by atoms with E-state index in [4.69, 9.17) is 21.4 Å². The lowest BCUT2D eigenvalue weighted by Crippen LogP contribution is -1.94. The largest absolute Gasteiger partial charge is 0.478 e. The summed E-state index contributed by atoms with van der Waals surface area (Å²) in [5.74, 6) is -0.962. The lowest BCUT2D eigenvalue weighted by molar-refractivity contribution is -0.131. The summed E-state index contributed by atoms with van der Waals surface area (Å²) >= 11 is 5.87. The van der Waals surface area contributed by atoms with Gasteiger partial charge in [-0.2, -0.15) is 0 Å². The third kappa shape index (κ3) is 3.83. The molecule has 2 rings (SSSR count). The Morgan fingerprint density at radius 1 is 1.29 bits per heavy atom. The van der Waals surface area contributed by atoms with E-state index in [2.05, 4.69) is 0 Å². The topological polar surface area (TPSA) is 46.5 Å². The van der Waals surface area contributed by atoms with Crippen molar-refractivity contribution in [3.05, 3.63) is 64.4 Å². The van der Waals surface area contributed by atoms with E-state index in [0.29, 0.717) is 10.8 Å². The van der Waals surface area contributed by atoms with Crippen LogP contribution in [-0.4, -0.2) is 11.1 Å². The summed E-state index contributed by atoms with van der Waals surface area (Å²) in [6, 6.07) is 9.36. The summed E-state index contributed by atoms with van der Waals surface area (Å²) in [6.07, 6.45) is 2.03. The van der Waals surface area contributed by atoms with Crippen molar-refractivity contribution in [3.8, 4) is 11.5 Å². The molecule has 0 bridgehead atoms. The fraction of sp³-hybridized carbons (Fsp3) is 0.0625. The van der Waals surface area contributed by atoms with E-state index >= 15 is 0 Å². The highest BCUT2D eigenvalue weighted by atomic mass is 35.5. The van der Waals surface area contributed by atoms with Crippen LogP contribution in [0.5, 0.6) is 11.5 Å². The van der Waals surface area contributed by atoms with Crippen molar-refractivity contribution in [2.75, 3.05) is 0 Å². The molecule has 0 fully saturated rings. The Labute approximate surface area is 126 Å². The van der Waals surface area contributed by atoms with E-state index < -0.39 is 11.8 Å². The van der Waals surface area contributed by atoms with Gasteiger partial charge in [0.15, 0.2) is 0 Å². The minimum Gasteiger partial charge on any atom is -0.478 e. The Kier molecular flexibility index (Phi) is 4.60. The molecule has 0 aliphatic rings. The van der Waals surface area contributed by atoms with Crippen molar-refractivity contribution < 1.29 is 19.0 Å². The highest BCUT2D eigenvalue weighted by Gasteiger charge is 2.10. The third-order valence-corrected chi connectivity index (χ3v) is 3.00. The average Bonchev–Trinajstić information content (AvgIpc) is 2.41. The molecule has 0 saturated heterocycles. The fourth-order valence-electron chi connectivity index (χ4n) is 1.77. The predicted octanol–water partition coefficient (Wildman–Crippen LogP) is 4.68. The molecular formula is C16H12ClFO3. The molecular weight excluding hydrogens is 295 g/mol. The van der Waals surface area contributed by atoms with Gasteiger partial charge in [-0.1, -0.05) is 17.7 Å². The maximum atomic E-state index is 13.8. The number of benzene rings is 2. The van der Waals surface area contributed by atoms with E-state index in [1.54, 1.807) is 24.3 Å². The van der Waals surface area contributed by atoms with Crippen LogP contribution in [0.4, 0.5) is 4.39 Å². The number of rotatable bonds is 4. The molecule has 0 saturated carbocycles. The zero-order valence-corrected chi connectivity index (χ0v) is 11.9. The van der Waals surface area contributed by atoms with Crippen LogP contribution in [0.25, 0.3) is 6.08 Å². The lowest BCUT2D eigenvalue weighted by Gasteiger charge is -2.11. The van der Waals surface area contributed by atoms with E-state index in [-0.39, 0.29) is 11.3 Å². The third-order valence-electron chi connectivity index (χ3n) is 2.76. The van der Waals surface area contributed by atoms with Crippen LogP contribution < -0.4 is 4.74 Å². The monoisotopic (exact) mass is 306 g/mol. The van der Waals surface area contributed by atoms with E-state index in [0.717, 1.165) is 17.7 Å². The molecule has 1 N–H and O–H groups in total. The van der Waals surface area contributed by atoms with Gasteiger partial charge in [0, 0.05) is 11.1 Å². The summed E-state index contributed by atoms with van der Waals surface area (Å²) in [5, 5.41) is 9.23. The summed E-state index contributed by atoms with van der Waals surface area (Å²) in [5.41, 5.74) is 0.870. The first kappa shape index (κ1) is 15.1. The van der Waals surface area contributed by atoms with Crippen LogP contribution in [0.3, 0.4) is 0 Å². The van der Waals surface area contributed by atoms with E-state index in [1.807, 2.05) is 6.92 Å². The van der Waals surface area contributed by atoms with Crippen molar-refractivity contribution in [2.45, 2.75) is 6.92 Å². The van der Waals surface area contributed by atoms with Gasteiger partial charge in [0.05, 0.1) is 5.56 Å². The Morgan fingerprint density at radius 2 is 2.05 bits per heavy atom. The molecule has 0 amide bonds. The molecule has 0 aromatic heterocycles. The van der Waals surface area contributed by atoms with Crippen molar-refractivity contribution >= 4 is 23.6 Å². The number of hydrogen-bond donors (Lipinski definition) is 1. The van der Waals surface area contributed by atoms with Crippen LogP contribution in [0.15, 0.2) is 42.5 Å². The van der Waals surface area contributed by atoms with Crippen LogP contribution in [-0.2, 0) is 4.79 Å². The number of aryl methyl sites for hydroxylation is 1. The zero-order chi connectivity index (χ0) is 15.4. The van der Waals surface area contributed by atoms with Gasteiger partial charge in [-0.3, -0.25) is 0 Å². The number of carbonyl (C=O) groups is 1. The maximum Gasteiger partial charge on any atom is 0.328 e. The number of ether oxygens (including phenoxy) is 1. The number of halogens is 2. The molecule has 0 aliphatic carbocycles. The van der Waals surface area contributed by atoms with Gasteiger partial charge in [0.1, 0.15) is 17.3 Å². The number of hydrogen-bond acceptors (Lipinski definition) is 2. The Balaban J connectivity index is 2.40. The second-order valence-corrected chi connectivity index (χ2v) is 4.77. The van der Waals surface area contributed by atoms with Crippen molar-refractivity contribution in [3.63, 3.8) is 0 Å². The minimum absolute atomic E-state index is 0.0780. The van der Waals surface area contributed by atoms with Gasteiger partial charge < -0.3 is 9.84 Å². The molecule has 0 atom stereocenters. The van der Waals surface area contributed by atoms with E-state index in [1.165, 1.54) is 12.1 Å². The van der Waals surface area contributed by atoms with Crippen molar-refractivity contribution in [1.29, 1.82) is 0 Å². The second kappa shape index (κ2) is 6.41. The van der Waals surface area contributed by atoms with Crippen LogP contribution in [0.2, 0.25) is 5.02 Å². The zero-order valence-electron chi connectivity index (χ0n) is 11.1. The lowest BCUT2D eigenvalue weighted by atomic mass is 10.1. The van der Waals surface area contributed by atoms with Crippen LogP contribution in [0, 0.1) is 12.7 Å². The first-order valence-corrected chi connectivity index (χ1v) is 6.48. The first-order valence-electron chi connectivity index (χ1n) is 6.11. The standard InChI is InChI=1S/C16H12ClFO3/c1-10-9-11(17)5-7-14(10)21-15-4-2-3-13(18)12(15)6-8-16(19)20/h2-9H,1H3,(H,19,20)/b8-6+.